The number of unbranched alkanes of at least 4 members (excludes halogenated alkanes) is 1. The topological polar surface area (TPSA) is 52.8 Å². The lowest BCUT2D eigenvalue weighted by Crippen LogP contribution is -2.54. The average Bonchev–Trinajstić information content (AvgIpc) is 2.78. The second kappa shape index (κ2) is 8.85. The molecule has 0 aromatic heterocycles. The number of piperazine rings is 1. The summed E-state index contributed by atoms with van der Waals surface area (Å²) < 4.78 is 0. The van der Waals surface area contributed by atoms with Crippen LogP contribution in [0.3, 0.4) is 0 Å². The summed E-state index contributed by atoms with van der Waals surface area (Å²) in [6.07, 6.45) is 6.54. The van der Waals surface area contributed by atoms with E-state index in [0.717, 1.165) is 65.0 Å². The number of carbonyl (C=O) groups is 1. The van der Waals surface area contributed by atoms with Crippen LogP contribution in [0, 0.1) is 0 Å². The number of likely N-dealkylation sites (tertiary alicyclic amines) is 1. The van der Waals surface area contributed by atoms with Crippen LogP contribution < -0.4 is 5.73 Å². The van der Waals surface area contributed by atoms with E-state index in [-0.39, 0.29) is 11.9 Å². The fraction of sp³-hybridized carbons (Fsp3) is 0.941. The summed E-state index contributed by atoms with van der Waals surface area (Å²) in [7, 11) is 2.19. The predicted octanol–water partition coefficient (Wildman–Crippen LogP) is 1.13. The highest BCUT2D eigenvalue weighted by atomic mass is 16.2. The zero-order chi connectivity index (χ0) is 15.9. The van der Waals surface area contributed by atoms with E-state index in [4.69, 9.17) is 5.73 Å². The minimum Gasteiger partial charge on any atom is -0.340 e. The van der Waals surface area contributed by atoms with Gasteiger partial charge >= 0.3 is 0 Å². The molecule has 2 rings (SSSR count). The Morgan fingerprint density at radius 3 is 2.59 bits per heavy atom. The Balaban J connectivity index is 1.90. The van der Waals surface area contributed by atoms with Crippen molar-refractivity contribution in [3.8, 4) is 0 Å². The third-order valence-corrected chi connectivity index (χ3v) is 5.20. The van der Waals surface area contributed by atoms with Gasteiger partial charge in [0.25, 0.3) is 0 Å². The number of hydrogen-bond donors (Lipinski definition) is 1. The second-order valence-electron chi connectivity index (χ2n) is 7.02. The van der Waals surface area contributed by atoms with Gasteiger partial charge in [-0.25, -0.2) is 0 Å². The van der Waals surface area contributed by atoms with Gasteiger partial charge in [0, 0.05) is 45.3 Å². The first-order valence-corrected chi connectivity index (χ1v) is 9.08. The number of hydrogen-bond acceptors (Lipinski definition) is 4. The van der Waals surface area contributed by atoms with Crippen LogP contribution in [0.25, 0.3) is 0 Å². The summed E-state index contributed by atoms with van der Waals surface area (Å²) in [5, 5.41) is 0. The van der Waals surface area contributed by atoms with E-state index in [0.29, 0.717) is 6.04 Å². The third-order valence-electron chi connectivity index (χ3n) is 5.20. The van der Waals surface area contributed by atoms with Gasteiger partial charge in [-0.05, 0) is 26.3 Å². The van der Waals surface area contributed by atoms with Crippen molar-refractivity contribution in [1.82, 2.24) is 14.7 Å². The van der Waals surface area contributed by atoms with Gasteiger partial charge in [0.1, 0.15) is 0 Å². The number of nitrogens with two attached hydrogens (primary N) is 1. The first-order chi connectivity index (χ1) is 10.6. The number of rotatable bonds is 5. The van der Waals surface area contributed by atoms with Gasteiger partial charge in [0.15, 0.2) is 0 Å². The molecule has 2 N–H and O–H groups in total. The number of carbonyl (C=O) groups excluding carboxylic acids is 1. The van der Waals surface area contributed by atoms with Crippen molar-refractivity contribution in [2.75, 3.05) is 46.3 Å². The summed E-state index contributed by atoms with van der Waals surface area (Å²) in [6, 6.07) is 0.227. The van der Waals surface area contributed by atoms with Crippen LogP contribution in [0.2, 0.25) is 0 Å². The fourth-order valence-electron chi connectivity index (χ4n) is 3.59. The predicted molar refractivity (Wildman–Crippen MR) is 90.8 cm³/mol. The molecule has 0 unspecified atom stereocenters. The van der Waals surface area contributed by atoms with Gasteiger partial charge in [-0.3, -0.25) is 9.69 Å². The summed E-state index contributed by atoms with van der Waals surface area (Å²) in [5.41, 5.74) is 6.12. The Bertz CT molecular complexity index is 342. The monoisotopic (exact) mass is 310 g/mol. The van der Waals surface area contributed by atoms with E-state index >= 15 is 0 Å². The molecule has 0 bridgehead atoms. The molecule has 0 aromatic carbocycles. The van der Waals surface area contributed by atoms with Crippen LogP contribution in [0.1, 0.15) is 45.4 Å². The number of likely N-dealkylation sites (N-methyl/N-ethyl adjacent to an activating group) is 1. The molecule has 0 aliphatic carbocycles. The molecule has 2 atom stereocenters. The van der Waals surface area contributed by atoms with Crippen molar-refractivity contribution in [2.24, 2.45) is 5.73 Å². The fourth-order valence-corrected chi connectivity index (χ4v) is 3.59. The van der Waals surface area contributed by atoms with E-state index in [1.165, 1.54) is 12.8 Å². The summed E-state index contributed by atoms with van der Waals surface area (Å²) in [4.78, 5) is 19.6. The summed E-state index contributed by atoms with van der Waals surface area (Å²) in [5.74, 6) is 0.175. The first-order valence-electron chi connectivity index (χ1n) is 9.08. The molecule has 5 heteroatoms. The van der Waals surface area contributed by atoms with Crippen molar-refractivity contribution < 1.29 is 4.79 Å². The highest BCUT2D eigenvalue weighted by Gasteiger charge is 2.29. The van der Waals surface area contributed by atoms with E-state index in [1.54, 1.807) is 0 Å². The Hall–Kier alpha value is -0.650. The average molecular weight is 310 g/mol. The molecule has 22 heavy (non-hydrogen) atoms. The van der Waals surface area contributed by atoms with Crippen molar-refractivity contribution in [3.63, 3.8) is 0 Å². The van der Waals surface area contributed by atoms with Gasteiger partial charge in [0.05, 0.1) is 6.04 Å². The molecule has 2 aliphatic rings. The standard InChI is InChI=1S/C17H34N4O/c1-3-4-8-16(18)17(22)21-9-6-5-7-15(14-21)20-12-10-19(2)11-13-20/h15-16H,3-14,18H2,1-2H3/t15-,16-/m1/s1. The summed E-state index contributed by atoms with van der Waals surface area (Å²) >= 11 is 0. The van der Waals surface area contributed by atoms with Crippen LogP contribution in [-0.2, 0) is 4.79 Å². The van der Waals surface area contributed by atoms with E-state index < -0.39 is 0 Å². The van der Waals surface area contributed by atoms with Crippen LogP contribution in [-0.4, -0.2) is 79.0 Å². The molecular formula is C17H34N4O. The largest absolute Gasteiger partial charge is 0.340 e. The van der Waals surface area contributed by atoms with Gasteiger partial charge in [-0.1, -0.05) is 26.2 Å². The SMILES string of the molecule is CCCC[C@@H](N)C(=O)N1CCCC[C@@H](N2CCN(C)CC2)C1. The maximum atomic E-state index is 12.6. The molecule has 2 fully saturated rings. The van der Waals surface area contributed by atoms with E-state index in [2.05, 4.69) is 28.7 Å². The maximum absolute atomic E-state index is 12.6. The van der Waals surface area contributed by atoms with Gasteiger partial charge in [-0.2, -0.15) is 0 Å². The number of amides is 1. The smallest absolute Gasteiger partial charge is 0.239 e. The Kier molecular flexibility index (Phi) is 7.12. The zero-order valence-corrected chi connectivity index (χ0v) is 14.5. The zero-order valence-electron chi connectivity index (χ0n) is 14.5. The van der Waals surface area contributed by atoms with Crippen molar-refractivity contribution in [2.45, 2.75) is 57.5 Å². The first kappa shape index (κ1) is 17.7. The molecule has 1 amide bonds. The molecule has 0 radical (unpaired) electrons. The lowest BCUT2D eigenvalue weighted by molar-refractivity contribution is -0.133. The van der Waals surface area contributed by atoms with Crippen LogP contribution in [0.5, 0.6) is 0 Å². The molecule has 128 valence electrons. The lowest BCUT2D eigenvalue weighted by atomic mass is 10.1. The molecular weight excluding hydrogens is 276 g/mol. The van der Waals surface area contributed by atoms with E-state index in [9.17, 15) is 4.79 Å². The van der Waals surface area contributed by atoms with Crippen molar-refractivity contribution >= 4 is 5.91 Å². The van der Waals surface area contributed by atoms with E-state index in [1.807, 2.05) is 0 Å². The molecule has 2 saturated heterocycles. The minimum atomic E-state index is -0.300. The molecule has 5 nitrogen and oxygen atoms in total. The molecule has 0 spiro atoms. The van der Waals surface area contributed by atoms with Crippen molar-refractivity contribution in [1.29, 1.82) is 0 Å². The molecule has 2 aliphatic heterocycles. The lowest BCUT2D eigenvalue weighted by Gasteiger charge is -2.39. The summed E-state index contributed by atoms with van der Waals surface area (Å²) in [6.45, 7) is 8.45. The molecule has 0 saturated carbocycles. The van der Waals surface area contributed by atoms with Crippen LogP contribution in [0.4, 0.5) is 0 Å². The van der Waals surface area contributed by atoms with Crippen LogP contribution >= 0.6 is 0 Å². The highest BCUT2D eigenvalue weighted by Crippen LogP contribution is 2.18. The minimum absolute atomic E-state index is 0.175. The Morgan fingerprint density at radius 1 is 1.18 bits per heavy atom. The van der Waals surface area contributed by atoms with Crippen LogP contribution in [0.15, 0.2) is 0 Å². The normalized spacial score (nSPS) is 26.7. The molecule has 0 aromatic rings. The Labute approximate surface area is 135 Å². The number of nitrogens with zero attached hydrogens (tertiary/aromatic N) is 3. The maximum Gasteiger partial charge on any atom is 0.239 e. The molecule has 2 heterocycles. The second-order valence-corrected chi connectivity index (χ2v) is 7.02. The Morgan fingerprint density at radius 2 is 1.91 bits per heavy atom. The third kappa shape index (κ3) is 4.93. The van der Waals surface area contributed by atoms with Gasteiger partial charge < -0.3 is 15.5 Å². The van der Waals surface area contributed by atoms with Crippen molar-refractivity contribution in [3.05, 3.63) is 0 Å². The highest BCUT2D eigenvalue weighted by molar-refractivity contribution is 5.81. The quantitative estimate of drug-likeness (QED) is 0.827. The van der Waals surface area contributed by atoms with Gasteiger partial charge in [0.2, 0.25) is 5.91 Å². The van der Waals surface area contributed by atoms with Gasteiger partial charge in [-0.15, -0.1) is 0 Å².